The summed E-state index contributed by atoms with van der Waals surface area (Å²) in [5, 5.41) is 0. The SMILES string of the molecule is C=C(C)CCCCC(=C)C.CC(C)C(C)C(C)(C)C. The highest BCUT2D eigenvalue weighted by Crippen LogP contribution is 2.30. The summed E-state index contributed by atoms with van der Waals surface area (Å²) in [6.07, 6.45) is 4.88. The van der Waals surface area contributed by atoms with E-state index in [4.69, 9.17) is 0 Å². The zero-order chi connectivity index (χ0) is 15.6. The largest absolute Gasteiger partial charge is 0.100 e. The monoisotopic (exact) mass is 266 g/mol. The van der Waals surface area contributed by atoms with Crippen LogP contribution in [0.25, 0.3) is 0 Å². The van der Waals surface area contributed by atoms with E-state index in [0.717, 1.165) is 11.8 Å². The highest BCUT2D eigenvalue weighted by Gasteiger charge is 2.22. The van der Waals surface area contributed by atoms with E-state index in [0.29, 0.717) is 5.41 Å². The van der Waals surface area contributed by atoms with Gasteiger partial charge in [-0.1, -0.05) is 52.7 Å². The van der Waals surface area contributed by atoms with E-state index in [-0.39, 0.29) is 0 Å². The average Bonchev–Trinajstić information content (AvgIpc) is 2.22. The molecule has 0 nitrogen and oxygen atoms in total. The number of rotatable bonds is 6. The molecule has 0 aliphatic rings. The van der Waals surface area contributed by atoms with Gasteiger partial charge in [-0.3, -0.25) is 0 Å². The van der Waals surface area contributed by atoms with Gasteiger partial charge in [-0.05, 0) is 56.8 Å². The molecule has 0 aromatic carbocycles. The smallest absolute Gasteiger partial charge is 0.0326 e. The molecule has 0 aliphatic heterocycles. The number of hydrogen-bond donors (Lipinski definition) is 0. The summed E-state index contributed by atoms with van der Waals surface area (Å²) >= 11 is 0. The molecule has 0 aliphatic carbocycles. The quantitative estimate of drug-likeness (QED) is 0.358. The van der Waals surface area contributed by atoms with Crippen LogP contribution < -0.4 is 0 Å². The van der Waals surface area contributed by atoms with E-state index in [9.17, 15) is 0 Å². The third-order valence-corrected chi connectivity index (χ3v) is 3.82. The minimum absolute atomic E-state index is 0.480. The van der Waals surface area contributed by atoms with Crippen LogP contribution in [0.1, 0.15) is 81.1 Å². The van der Waals surface area contributed by atoms with Gasteiger partial charge >= 0.3 is 0 Å². The predicted molar refractivity (Wildman–Crippen MR) is 91.6 cm³/mol. The third kappa shape index (κ3) is 15.4. The van der Waals surface area contributed by atoms with Crippen molar-refractivity contribution in [3.05, 3.63) is 24.3 Å². The van der Waals surface area contributed by atoms with Gasteiger partial charge in [0.2, 0.25) is 0 Å². The molecule has 1 atom stereocenters. The molecule has 0 rings (SSSR count). The maximum atomic E-state index is 3.85. The topological polar surface area (TPSA) is 0 Å². The third-order valence-electron chi connectivity index (χ3n) is 3.82. The zero-order valence-electron chi connectivity index (χ0n) is 14.9. The Morgan fingerprint density at radius 2 is 1.16 bits per heavy atom. The average molecular weight is 267 g/mol. The highest BCUT2D eigenvalue weighted by molar-refractivity contribution is 4.90. The predicted octanol–water partition coefficient (Wildman–Crippen LogP) is 7.02. The highest BCUT2D eigenvalue weighted by atomic mass is 14.3. The maximum absolute atomic E-state index is 3.85. The first-order valence-electron chi connectivity index (χ1n) is 7.77. The molecule has 0 N–H and O–H groups in total. The Balaban J connectivity index is 0. The summed E-state index contributed by atoms with van der Waals surface area (Å²) in [7, 11) is 0. The minimum atomic E-state index is 0.480. The second-order valence-electron chi connectivity index (χ2n) is 7.52. The van der Waals surface area contributed by atoms with Gasteiger partial charge in [-0.2, -0.15) is 0 Å². The van der Waals surface area contributed by atoms with Crippen molar-refractivity contribution >= 4 is 0 Å². The lowest BCUT2D eigenvalue weighted by Gasteiger charge is -2.30. The van der Waals surface area contributed by atoms with Crippen molar-refractivity contribution in [2.24, 2.45) is 17.3 Å². The van der Waals surface area contributed by atoms with E-state index in [1.165, 1.54) is 36.8 Å². The molecule has 0 spiro atoms. The first kappa shape index (κ1) is 20.8. The van der Waals surface area contributed by atoms with Crippen LogP contribution in [0.15, 0.2) is 24.3 Å². The normalized spacial score (nSPS) is 12.7. The molecule has 0 fully saturated rings. The number of unbranched alkanes of at least 4 members (excludes halogenated alkanes) is 1. The lowest BCUT2D eigenvalue weighted by Crippen LogP contribution is -2.21. The molecule has 0 amide bonds. The number of hydrogen-bond acceptors (Lipinski definition) is 0. The van der Waals surface area contributed by atoms with Crippen molar-refractivity contribution in [1.29, 1.82) is 0 Å². The summed E-state index contributed by atoms with van der Waals surface area (Å²) in [4.78, 5) is 0. The molecule has 0 aromatic heterocycles. The fourth-order valence-electron chi connectivity index (χ4n) is 1.85. The molecule has 0 aromatic rings. The van der Waals surface area contributed by atoms with Gasteiger partial charge in [0.25, 0.3) is 0 Å². The van der Waals surface area contributed by atoms with Crippen LogP contribution in [0.2, 0.25) is 0 Å². The van der Waals surface area contributed by atoms with E-state index in [1.807, 2.05) is 0 Å². The summed E-state index contributed by atoms with van der Waals surface area (Å²) in [5.41, 5.74) is 3.07. The Hall–Kier alpha value is -0.520. The minimum Gasteiger partial charge on any atom is -0.100 e. The van der Waals surface area contributed by atoms with Crippen molar-refractivity contribution in [2.45, 2.75) is 81.1 Å². The maximum Gasteiger partial charge on any atom is -0.0326 e. The van der Waals surface area contributed by atoms with E-state index in [1.54, 1.807) is 0 Å². The van der Waals surface area contributed by atoms with Crippen molar-refractivity contribution in [3.63, 3.8) is 0 Å². The molecule has 1 unspecified atom stereocenters. The van der Waals surface area contributed by atoms with E-state index >= 15 is 0 Å². The van der Waals surface area contributed by atoms with Gasteiger partial charge in [0.05, 0.1) is 0 Å². The molecular formula is C19H38. The summed E-state index contributed by atoms with van der Waals surface area (Å²) in [5.74, 6) is 1.63. The molecular weight excluding hydrogens is 228 g/mol. The molecule has 0 heterocycles. The first-order chi connectivity index (χ1) is 8.48. The summed E-state index contributed by atoms with van der Waals surface area (Å²) in [6.45, 7) is 25.7. The first-order valence-corrected chi connectivity index (χ1v) is 7.77. The van der Waals surface area contributed by atoms with Gasteiger partial charge in [0.1, 0.15) is 0 Å². The fourth-order valence-corrected chi connectivity index (χ4v) is 1.85. The second kappa shape index (κ2) is 10.3. The molecule has 0 saturated carbocycles. The van der Waals surface area contributed by atoms with Crippen LogP contribution in [0.3, 0.4) is 0 Å². The van der Waals surface area contributed by atoms with Crippen LogP contribution in [0.4, 0.5) is 0 Å². The zero-order valence-corrected chi connectivity index (χ0v) is 14.9. The van der Waals surface area contributed by atoms with Crippen molar-refractivity contribution in [3.8, 4) is 0 Å². The summed E-state index contributed by atoms with van der Waals surface area (Å²) < 4.78 is 0. The number of allylic oxidation sites excluding steroid dienone is 2. The van der Waals surface area contributed by atoms with Crippen LogP contribution in [0, 0.1) is 17.3 Å². The second-order valence-corrected chi connectivity index (χ2v) is 7.52. The van der Waals surface area contributed by atoms with E-state index < -0.39 is 0 Å². The molecule has 0 radical (unpaired) electrons. The summed E-state index contributed by atoms with van der Waals surface area (Å²) in [6, 6.07) is 0. The van der Waals surface area contributed by atoms with Gasteiger partial charge < -0.3 is 0 Å². The fraction of sp³-hybridized carbons (Fsp3) is 0.789. The van der Waals surface area contributed by atoms with Crippen LogP contribution in [-0.4, -0.2) is 0 Å². The van der Waals surface area contributed by atoms with Gasteiger partial charge in [-0.15, -0.1) is 13.2 Å². The van der Waals surface area contributed by atoms with Gasteiger partial charge in [0, 0.05) is 0 Å². The Bertz CT molecular complexity index is 234. The lowest BCUT2D eigenvalue weighted by molar-refractivity contribution is 0.199. The molecule has 0 heteroatoms. The van der Waals surface area contributed by atoms with Gasteiger partial charge in [-0.25, -0.2) is 0 Å². The van der Waals surface area contributed by atoms with E-state index in [2.05, 4.69) is 68.5 Å². The standard InChI is InChI=1S/C10H18.C9H20/c1-9(2)7-5-6-8-10(3)4;1-7(2)8(3)9(4,5)6/h1,3,5-8H2,2,4H3;7-8H,1-6H3. The van der Waals surface area contributed by atoms with Crippen LogP contribution >= 0.6 is 0 Å². The van der Waals surface area contributed by atoms with Crippen molar-refractivity contribution < 1.29 is 0 Å². The van der Waals surface area contributed by atoms with Crippen molar-refractivity contribution in [1.82, 2.24) is 0 Å². The molecule has 0 saturated heterocycles. The molecule has 0 bridgehead atoms. The Labute approximate surface area is 123 Å². The lowest BCUT2D eigenvalue weighted by atomic mass is 9.76. The van der Waals surface area contributed by atoms with Crippen LogP contribution in [0.5, 0.6) is 0 Å². The molecule has 19 heavy (non-hydrogen) atoms. The van der Waals surface area contributed by atoms with Crippen LogP contribution in [-0.2, 0) is 0 Å². The molecule has 114 valence electrons. The Morgan fingerprint density at radius 1 is 0.842 bits per heavy atom. The van der Waals surface area contributed by atoms with Gasteiger partial charge in [0.15, 0.2) is 0 Å². The van der Waals surface area contributed by atoms with Crippen molar-refractivity contribution in [2.75, 3.05) is 0 Å². The Kier molecular flexibility index (Phi) is 11.3. The Morgan fingerprint density at radius 3 is 1.26 bits per heavy atom.